The quantitative estimate of drug-likeness (QED) is 0.328. The summed E-state index contributed by atoms with van der Waals surface area (Å²) in [6.45, 7) is 0. The molecule has 0 bridgehead atoms. The second-order valence-electron chi connectivity index (χ2n) is 7.22. The van der Waals surface area contributed by atoms with Gasteiger partial charge in [-0.1, -0.05) is 72.4 Å². The van der Waals surface area contributed by atoms with Crippen LogP contribution in [0.15, 0.2) is 88.7 Å². The Morgan fingerprint density at radius 2 is 1.50 bits per heavy atom. The molecule has 2 heterocycles. The van der Waals surface area contributed by atoms with E-state index in [1.54, 1.807) is 26.0 Å². The molecule has 0 atom stereocenters. The van der Waals surface area contributed by atoms with E-state index < -0.39 is 0 Å². The molecular weight excluding hydrogens is 420 g/mol. The molecule has 3 aromatic carbocycles. The Bertz CT molecular complexity index is 1310. The molecule has 6 heteroatoms. The van der Waals surface area contributed by atoms with Crippen LogP contribution in [-0.2, 0) is 0 Å². The molecule has 0 fully saturated rings. The Kier molecular flexibility index (Phi) is 5.29. The summed E-state index contributed by atoms with van der Waals surface area (Å²) < 4.78 is 10.9. The van der Waals surface area contributed by atoms with Crippen molar-refractivity contribution >= 4 is 29.1 Å². The number of methoxy groups -OCH3 is 2. The average molecular weight is 441 g/mol. The van der Waals surface area contributed by atoms with Crippen molar-refractivity contribution in [2.75, 3.05) is 19.5 Å². The Morgan fingerprint density at radius 1 is 0.844 bits per heavy atom. The Hall–Kier alpha value is -3.77. The molecule has 0 saturated heterocycles. The van der Waals surface area contributed by atoms with Crippen LogP contribution in [0.25, 0.3) is 11.3 Å². The molecule has 0 radical (unpaired) electrons. The van der Waals surface area contributed by atoms with Gasteiger partial charge in [-0.25, -0.2) is 4.98 Å². The molecule has 1 aliphatic heterocycles. The van der Waals surface area contributed by atoms with Gasteiger partial charge in [-0.15, -0.1) is 0 Å². The van der Waals surface area contributed by atoms with Crippen molar-refractivity contribution in [2.24, 2.45) is 0 Å². The molecule has 5 nitrogen and oxygen atoms in total. The van der Waals surface area contributed by atoms with Crippen molar-refractivity contribution in [3.63, 3.8) is 0 Å². The normalized spacial score (nSPS) is 11.7. The number of ketones is 1. The van der Waals surface area contributed by atoms with Gasteiger partial charge in [0.2, 0.25) is 0 Å². The first kappa shape index (κ1) is 20.2. The number of benzene rings is 3. The zero-order chi connectivity index (χ0) is 22.1. The summed E-state index contributed by atoms with van der Waals surface area (Å²) >= 11 is 1.55. The van der Waals surface area contributed by atoms with Crippen LogP contribution in [0.4, 0.5) is 11.5 Å². The minimum Gasteiger partial charge on any atom is -0.493 e. The largest absolute Gasteiger partial charge is 0.493 e. The maximum atomic E-state index is 13.4. The van der Waals surface area contributed by atoms with E-state index in [0.717, 1.165) is 21.0 Å². The van der Waals surface area contributed by atoms with Crippen molar-refractivity contribution in [1.82, 2.24) is 4.98 Å². The molecule has 5 rings (SSSR count). The van der Waals surface area contributed by atoms with Crippen LogP contribution in [0.5, 0.6) is 11.5 Å². The van der Waals surface area contributed by atoms with E-state index in [1.165, 1.54) is 0 Å². The minimum atomic E-state index is -0.0570. The van der Waals surface area contributed by atoms with Gasteiger partial charge in [0.25, 0.3) is 0 Å². The fourth-order valence-electron chi connectivity index (χ4n) is 3.68. The number of nitrogens with one attached hydrogen (secondary N) is 1. The van der Waals surface area contributed by atoms with Crippen LogP contribution >= 0.6 is 11.8 Å². The first-order valence-electron chi connectivity index (χ1n) is 10.1. The first-order valence-corrected chi connectivity index (χ1v) is 10.9. The number of carbonyl (C=O) groups excluding carboxylic acids is 1. The highest BCUT2D eigenvalue weighted by atomic mass is 32.2. The monoisotopic (exact) mass is 440 g/mol. The van der Waals surface area contributed by atoms with Gasteiger partial charge in [0.05, 0.1) is 36.1 Å². The maximum absolute atomic E-state index is 13.4. The fourth-order valence-corrected chi connectivity index (χ4v) is 4.68. The van der Waals surface area contributed by atoms with Gasteiger partial charge in [0.15, 0.2) is 17.3 Å². The van der Waals surface area contributed by atoms with Gasteiger partial charge in [-0.3, -0.25) is 4.79 Å². The lowest BCUT2D eigenvalue weighted by Crippen LogP contribution is -2.10. The van der Waals surface area contributed by atoms with Crippen LogP contribution in [0.2, 0.25) is 0 Å². The van der Waals surface area contributed by atoms with Gasteiger partial charge in [0, 0.05) is 28.2 Å². The van der Waals surface area contributed by atoms with E-state index in [-0.39, 0.29) is 5.78 Å². The summed E-state index contributed by atoms with van der Waals surface area (Å²) in [5.74, 6) is 1.94. The predicted molar refractivity (Wildman–Crippen MR) is 126 cm³/mol. The van der Waals surface area contributed by atoms with E-state index in [1.807, 2.05) is 78.9 Å². The zero-order valence-electron chi connectivity index (χ0n) is 17.6. The first-order chi connectivity index (χ1) is 15.7. The Balaban J connectivity index is 1.65. The SMILES string of the molecule is COc1cc2c(cc1OC)Sc1cc(C(=O)c3ccccc3)c(-c3ccccc3)nc1N2. The number of aromatic nitrogens is 1. The average Bonchev–Trinajstić information content (AvgIpc) is 2.86. The summed E-state index contributed by atoms with van der Waals surface area (Å²) in [7, 11) is 3.23. The lowest BCUT2D eigenvalue weighted by Gasteiger charge is -2.23. The summed E-state index contributed by atoms with van der Waals surface area (Å²) in [4.78, 5) is 20.2. The second-order valence-corrected chi connectivity index (χ2v) is 8.31. The minimum absolute atomic E-state index is 0.0570. The third-order valence-electron chi connectivity index (χ3n) is 5.27. The standard InChI is InChI=1S/C26H20N2O3S/c1-30-20-14-19-22(15-21(20)31-2)32-23-13-18(25(29)17-11-7-4-8-12-17)24(28-26(23)27-19)16-9-5-3-6-10-16/h3-15H,1-2H3,(H,27,28). The van der Waals surface area contributed by atoms with E-state index in [4.69, 9.17) is 14.5 Å². The fraction of sp³-hybridized carbons (Fsp3) is 0.0769. The number of anilines is 2. The van der Waals surface area contributed by atoms with Gasteiger partial charge < -0.3 is 14.8 Å². The van der Waals surface area contributed by atoms with Crippen LogP contribution in [0, 0.1) is 0 Å². The molecule has 158 valence electrons. The van der Waals surface area contributed by atoms with E-state index in [0.29, 0.717) is 34.1 Å². The molecule has 1 N–H and O–H groups in total. The number of hydrogen-bond acceptors (Lipinski definition) is 6. The Morgan fingerprint density at radius 3 is 2.19 bits per heavy atom. The number of rotatable bonds is 5. The molecule has 1 aliphatic rings. The van der Waals surface area contributed by atoms with E-state index >= 15 is 0 Å². The molecule has 4 aromatic rings. The number of ether oxygens (including phenoxy) is 2. The van der Waals surface area contributed by atoms with Crippen molar-refractivity contribution < 1.29 is 14.3 Å². The lowest BCUT2D eigenvalue weighted by atomic mass is 9.98. The van der Waals surface area contributed by atoms with Crippen molar-refractivity contribution in [1.29, 1.82) is 0 Å². The number of fused-ring (bicyclic) bond motifs is 2. The van der Waals surface area contributed by atoms with Crippen LogP contribution in [0.3, 0.4) is 0 Å². The van der Waals surface area contributed by atoms with Gasteiger partial charge in [-0.2, -0.15) is 0 Å². The zero-order valence-corrected chi connectivity index (χ0v) is 18.4. The number of nitrogens with zero attached hydrogens (tertiary/aromatic N) is 1. The van der Waals surface area contributed by atoms with Crippen LogP contribution in [0.1, 0.15) is 15.9 Å². The second kappa shape index (κ2) is 8.40. The van der Waals surface area contributed by atoms with E-state index in [9.17, 15) is 4.79 Å². The van der Waals surface area contributed by atoms with Gasteiger partial charge in [-0.05, 0) is 6.07 Å². The van der Waals surface area contributed by atoms with Gasteiger partial charge >= 0.3 is 0 Å². The molecule has 0 amide bonds. The highest BCUT2D eigenvalue weighted by molar-refractivity contribution is 7.99. The van der Waals surface area contributed by atoms with Crippen molar-refractivity contribution in [3.8, 4) is 22.8 Å². The smallest absolute Gasteiger partial charge is 0.195 e. The number of pyridine rings is 1. The molecule has 0 aliphatic carbocycles. The molecule has 0 spiro atoms. The van der Waals surface area contributed by atoms with E-state index in [2.05, 4.69) is 5.32 Å². The van der Waals surface area contributed by atoms with Crippen molar-refractivity contribution in [2.45, 2.75) is 9.79 Å². The third kappa shape index (κ3) is 3.59. The molecule has 0 saturated carbocycles. The summed E-state index contributed by atoms with van der Waals surface area (Å²) in [6, 6.07) is 24.8. The summed E-state index contributed by atoms with van der Waals surface area (Å²) in [6.07, 6.45) is 0. The predicted octanol–water partition coefficient (Wildman–Crippen LogP) is 6.21. The number of carbonyl (C=O) groups is 1. The third-order valence-corrected chi connectivity index (χ3v) is 6.36. The van der Waals surface area contributed by atoms with Crippen LogP contribution in [-0.4, -0.2) is 25.0 Å². The van der Waals surface area contributed by atoms with Gasteiger partial charge in [0.1, 0.15) is 5.82 Å². The molecule has 1 aromatic heterocycles. The molecule has 32 heavy (non-hydrogen) atoms. The molecule has 0 unspecified atom stereocenters. The number of hydrogen-bond donors (Lipinski definition) is 1. The summed E-state index contributed by atoms with van der Waals surface area (Å²) in [5, 5.41) is 3.40. The maximum Gasteiger partial charge on any atom is 0.195 e. The summed E-state index contributed by atoms with van der Waals surface area (Å²) in [5.41, 5.74) is 3.62. The highest BCUT2D eigenvalue weighted by Gasteiger charge is 2.25. The Labute approximate surface area is 190 Å². The lowest BCUT2D eigenvalue weighted by molar-refractivity contribution is 0.103. The topological polar surface area (TPSA) is 60.5 Å². The highest BCUT2D eigenvalue weighted by Crippen LogP contribution is 2.48. The van der Waals surface area contributed by atoms with Crippen LogP contribution < -0.4 is 14.8 Å². The molecular formula is C26H20N2O3S. The van der Waals surface area contributed by atoms with Crippen molar-refractivity contribution in [3.05, 3.63) is 90.0 Å².